The largest absolute Gasteiger partial charge is 0.495 e. The summed E-state index contributed by atoms with van der Waals surface area (Å²) in [6.45, 7) is 0. The number of ether oxygens (including phenoxy) is 1. The van der Waals surface area contributed by atoms with E-state index in [1.165, 1.54) is 38.4 Å². The van der Waals surface area contributed by atoms with Crippen LogP contribution in [0.5, 0.6) is 5.75 Å². The van der Waals surface area contributed by atoms with Crippen LogP contribution in [-0.2, 0) is 10.0 Å². The van der Waals surface area contributed by atoms with Crippen LogP contribution in [0.2, 0.25) is 10.0 Å². The van der Waals surface area contributed by atoms with Crippen LogP contribution in [0.1, 0.15) is 10.4 Å². The number of rotatable bonds is 5. The minimum absolute atomic E-state index is 0.130. The van der Waals surface area contributed by atoms with Gasteiger partial charge in [0.05, 0.1) is 17.2 Å². The van der Waals surface area contributed by atoms with Gasteiger partial charge in [-0.3, -0.25) is 4.79 Å². The summed E-state index contributed by atoms with van der Waals surface area (Å²) in [5, 5.41) is 3.28. The molecular weight excluding hydrogens is 375 g/mol. The summed E-state index contributed by atoms with van der Waals surface area (Å²) < 4.78 is 31.3. The minimum Gasteiger partial charge on any atom is -0.495 e. The second kappa shape index (κ2) is 7.40. The molecule has 0 unspecified atom stereocenters. The predicted octanol–water partition coefficient (Wildman–Crippen LogP) is 3.16. The van der Waals surface area contributed by atoms with Crippen molar-refractivity contribution in [2.24, 2.45) is 0 Å². The zero-order valence-electron chi connectivity index (χ0n) is 12.8. The van der Waals surface area contributed by atoms with Crippen molar-refractivity contribution in [3.05, 3.63) is 52.0 Å². The molecule has 24 heavy (non-hydrogen) atoms. The molecule has 0 bridgehead atoms. The number of nitrogens with one attached hydrogen (secondary N) is 2. The van der Waals surface area contributed by atoms with Crippen molar-refractivity contribution >= 4 is 44.8 Å². The molecule has 6 nitrogen and oxygen atoms in total. The lowest BCUT2D eigenvalue weighted by atomic mass is 10.2. The average molecular weight is 389 g/mol. The molecule has 0 aliphatic rings. The first-order valence-electron chi connectivity index (χ1n) is 6.66. The molecule has 0 heterocycles. The molecule has 2 aromatic rings. The Balaban J connectivity index is 2.36. The molecule has 0 saturated heterocycles. The Bertz CT molecular complexity index is 885. The summed E-state index contributed by atoms with van der Waals surface area (Å²) in [6, 6.07) is 8.73. The van der Waals surface area contributed by atoms with E-state index in [1.807, 2.05) is 0 Å². The van der Waals surface area contributed by atoms with Crippen LogP contribution in [0.25, 0.3) is 0 Å². The molecule has 9 heteroatoms. The molecule has 2 rings (SSSR count). The van der Waals surface area contributed by atoms with Crippen molar-refractivity contribution in [1.29, 1.82) is 0 Å². The zero-order valence-corrected chi connectivity index (χ0v) is 15.1. The van der Waals surface area contributed by atoms with E-state index in [0.717, 1.165) is 0 Å². The molecule has 0 spiro atoms. The number of methoxy groups -OCH3 is 1. The van der Waals surface area contributed by atoms with Crippen LogP contribution in [-0.4, -0.2) is 28.5 Å². The highest BCUT2D eigenvalue weighted by atomic mass is 35.5. The SMILES string of the molecule is CNS(=O)(=O)c1cc(C(=O)Nc2ccc(Cl)c(Cl)c2)ccc1OC. The molecule has 0 aliphatic carbocycles. The standard InChI is InChI=1S/C15H14Cl2N2O4S/c1-18-24(21,22)14-7-9(3-6-13(14)23-2)15(20)19-10-4-5-11(16)12(17)8-10/h3-8,18H,1-2H3,(H,19,20). The lowest BCUT2D eigenvalue weighted by Gasteiger charge is -2.11. The van der Waals surface area contributed by atoms with Crippen LogP contribution in [0, 0.1) is 0 Å². The zero-order chi connectivity index (χ0) is 17.9. The van der Waals surface area contributed by atoms with E-state index in [4.69, 9.17) is 27.9 Å². The highest BCUT2D eigenvalue weighted by Crippen LogP contribution is 2.27. The van der Waals surface area contributed by atoms with Gasteiger partial charge in [0.2, 0.25) is 10.0 Å². The fraction of sp³-hybridized carbons (Fsp3) is 0.133. The topological polar surface area (TPSA) is 84.5 Å². The third-order valence-corrected chi connectivity index (χ3v) is 5.34. The van der Waals surface area contributed by atoms with Crippen molar-refractivity contribution < 1.29 is 17.9 Å². The summed E-state index contributed by atoms with van der Waals surface area (Å²) >= 11 is 11.7. The summed E-state index contributed by atoms with van der Waals surface area (Å²) in [6.07, 6.45) is 0. The van der Waals surface area contributed by atoms with Crippen LogP contribution in [0.15, 0.2) is 41.3 Å². The van der Waals surface area contributed by atoms with Gasteiger partial charge in [0, 0.05) is 11.3 Å². The number of hydrogen-bond donors (Lipinski definition) is 2. The average Bonchev–Trinajstić information content (AvgIpc) is 2.57. The van der Waals surface area contributed by atoms with Crippen molar-refractivity contribution in [2.75, 3.05) is 19.5 Å². The van der Waals surface area contributed by atoms with E-state index in [9.17, 15) is 13.2 Å². The normalized spacial score (nSPS) is 11.2. The monoisotopic (exact) mass is 388 g/mol. The van der Waals surface area contributed by atoms with Crippen molar-refractivity contribution in [2.45, 2.75) is 4.90 Å². The Morgan fingerprint density at radius 2 is 1.79 bits per heavy atom. The van der Waals surface area contributed by atoms with Gasteiger partial charge in [0.25, 0.3) is 5.91 Å². The van der Waals surface area contributed by atoms with Crippen molar-refractivity contribution in [3.8, 4) is 5.75 Å². The van der Waals surface area contributed by atoms with Gasteiger partial charge in [-0.05, 0) is 43.4 Å². The summed E-state index contributed by atoms with van der Waals surface area (Å²) in [4.78, 5) is 12.2. The summed E-state index contributed by atoms with van der Waals surface area (Å²) in [5.41, 5.74) is 0.582. The van der Waals surface area contributed by atoms with E-state index in [0.29, 0.717) is 15.7 Å². The quantitative estimate of drug-likeness (QED) is 0.823. The third kappa shape index (κ3) is 3.99. The van der Waals surface area contributed by atoms with Crippen LogP contribution in [0.3, 0.4) is 0 Å². The summed E-state index contributed by atoms with van der Waals surface area (Å²) in [5.74, 6) is -0.362. The third-order valence-electron chi connectivity index (χ3n) is 3.16. The number of amides is 1. The maximum atomic E-state index is 12.3. The van der Waals surface area contributed by atoms with E-state index in [-0.39, 0.29) is 16.2 Å². The van der Waals surface area contributed by atoms with Gasteiger partial charge in [-0.1, -0.05) is 23.2 Å². The molecule has 0 fully saturated rings. The van der Waals surface area contributed by atoms with E-state index < -0.39 is 15.9 Å². The van der Waals surface area contributed by atoms with E-state index >= 15 is 0 Å². The van der Waals surface area contributed by atoms with Gasteiger partial charge in [-0.25, -0.2) is 13.1 Å². The number of carbonyl (C=O) groups is 1. The number of sulfonamides is 1. The molecule has 0 saturated carbocycles. The van der Waals surface area contributed by atoms with E-state index in [1.54, 1.807) is 12.1 Å². The van der Waals surface area contributed by atoms with Gasteiger partial charge >= 0.3 is 0 Å². The van der Waals surface area contributed by atoms with Crippen LogP contribution >= 0.6 is 23.2 Å². The molecule has 0 aliphatic heterocycles. The van der Waals surface area contributed by atoms with Crippen molar-refractivity contribution in [1.82, 2.24) is 4.72 Å². The van der Waals surface area contributed by atoms with Gasteiger partial charge in [-0.15, -0.1) is 0 Å². The Labute approximate surface area is 149 Å². The minimum atomic E-state index is -3.78. The second-order valence-corrected chi connectivity index (χ2v) is 7.33. The molecule has 2 N–H and O–H groups in total. The van der Waals surface area contributed by atoms with E-state index in [2.05, 4.69) is 10.0 Å². The maximum Gasteiger partial charge on any atom is 0.255 e. The number of anilines is 1. The fourth-order valence-electron chi connectivity index (χ4n) is 1.92. The summed E-state index contributed by atoms with van der Waals surface area (Å²) in [7, 11) is -1.15. The predicted molar refractivity (Wildman–Crippen MR) is 93.7 cm³/mol. The highest BCUT2D eigenvalue weighted by Gasteiger charge is 2.20. The fourth-order valence-corrected chi connectivity index (χ4v) is 3.13. The first-order valence-corrected chi connectivity index (χ1v) is 8.90. The second-order valence-electron chi connectivity index (χ2n) is 4.66. The molecule has 1 amide bonds. The molecule has 0 radical (unpaired) electrons. The molecule has 0 aromatic heterocycles. The number of hydrogen-bond acceptors (Lipinski definition) is 4. The molecule has 2 aromatic carbocycles. The first kappa shape index (κ1) is 18.5. The first-order chi connectivity index (χ1) is 11.3. The van der Waals surface area contributed by atoms with Gasteiger partial charge in [0.15, 0.2) is 0 Å². The number of benzene rings is 2. The van der Waals surface area contributed by atoms with Gasteiger partial charge in [0.1, 0.15) is 10.6 Å². The Morgan fingerprint density at radius 1 is 1.08 bits per heavy atom. The lowest BCUT2D eigenvalue weighted by Crippen LogP contribution is -2.20. The van der Waals surface area contributed by atoms with Crippen LogP contribution in [0.4, 0.5) is 5.69 Å². The Hall–Kier alpha value is -1.80. The molecular formula is C15H14Cl2N2O4S. The smallest absolute Gasteiger partial charge is 0.255 e. The lowest BCUT2D eigenvalue weighted by molar-refractivity contribution is 0.102. The maximum absolute atomic E-state index is 12.3. The van der Waals surface area contributed by atoms with Crippen LogP contribution < -0.4 is 14.8 Å². The molecule has 0 atom stereocenters. The number of carbonyl (C=O) groups excluding carboxylic acids is 1. The molecule has 128 valence electrons. The van der Waals surface area contributed by atoms with Gasteiger partial charge < -0.3 is 10.1 Å². The Morgan fingerprint density at radius 3 is 2.38 bits per heavy atom. The van der Waals surface area contributed by atoms with Gasteiger partial charge in [-0.2, -0.15) is 0 Å². The number of halogens is 2. The Kier molecular flexibility index (Phi) is 5.71. The highest BCUT2D eigenvalue weighted by molar-refractivity contribution is 7.89. The van der Waals surface area contributed by atoms with Crippen molar-refractivity contribution in [3.63, 3.8) is 0 Å².